The van der Waals surface area contributed by atoms with Gasteiger partial charge in [0.25, 0.3) is 0 Å². The van der Waals surface area contributed by atoms with Crippen molar-refractivity contribution in [3.63, 3.8) is 0 Å². The Kier molecular flexibility index (Phi) is 26.2. The van der Waals surface area contributed by atoms with Gasteiger partial charge in [0, 0.05) is 0 Å². The fraction of sp³-hybridized carbons (Fsp3) is 0.861. The van der Waals surface area contributed by atoms with E-state index in [0.717, 1.165) is 38.5 Å². The highest BCUT2D eigenvalue weighted by Crippen LogP contribution is 2.26. The molecular formula is C36H67NO12S. The molecule has 1 fully saturated rings. The summed E-state index contributed by atoms with van der Waals surface area (Å²) in [5.74, 6) is -0.718. The van der Waals surface area contributed by atoms with E-state index < -0.39 is 78.5 Å². The van der Waals surface area contributed by atoms with Gasteiger partial charge in [-0.3, -0.25) is 9.35 Å². The summed E-state index contributed by atoms with van der Waals surface area (Å²) in [7, 11) is -5.11. The molecule has 1 saturated heterocycles. The van der Waals surface area contributed by atoms with Crippen molar-refractivity contribution in [1.29, 1.82) is 0 Å². The second-order valence-corrected chi connectivity index (χ2v) is 14.3. The summed E-state index contributed by atoms with van der Waals surface area (Å²) < 4.78 is 47.1. The van der Waals surface area contributed by atoms with Gasteiger partial charge in [-0.25, -0.2) is 4.18 Å². The number of aliphatic hydroxyl groups excluding tert-OH is 5. The summed E-state index contributed by atoms with van der Waals surface area (Å²) >= 11 is 0. The standard InChI is InChI=1S/C36H67NO12S/c1-3-5-7-9-11-13-14-15-17-18-20-22-24-29(39)28(37-35(43)30(40)25-23-21-19-16-12-10-8-6-4-2)27-47-36-33(42)34(49-50(44,45)46)32(41)31(26-38)48-36/h15,17,22,24,28-34,36,38-42H,3-14,16,18-21,23,25-27H2,1-2H3,(H,37,43)(H,44,45,46)/b17-15+,24-22+. The highest BCUT2D eigenvalue weighted by molar-refractivity contribution is 7.80. The molecule has 0 saturated carbocycles. The lowest BCUT2D eigenvalue weighted by Crippen LogP contribution is -2.61. The molecule has 0 aromatic heterocycles. The van der Waals surface area contributed by atoms with E-state index in [2.05, 4.69) is 35.5 Å². The van der Waals surface area contributed by atoms with E-state index in [9.17, 15) is 38.7 Å². The Balaban J connectivity index is 2.77. The molecule has 1 aliphatic rings. The van der Waals surface area contributed by atoms with Gasteiger partial charge in [0.1, 0.15) is 30.5 Å². The van der Waals surface area contributed by atoms with Gasteiger partial charge in [-0.05, 0) is 32.1 Å². The molecule has 1 heterocycles. The Morgan fingerprint density at radius 2 is 1.34 bits per heavy atom. The number of unbranched alkanes of at least 4 members (excludes halogenated alkanes) is 15. The fourth-order valence-corrected chi connectivity index (χ4v) is 6.28. The summed E-state index contributed by atoms with van der Waals surface area (Å²) in [5.41, 5.74) is 0. The number of hydrogen-bond donors (Lipinski definition) is 7. The van der Waals surface area contributed by atoms with E-state index >= 15 is 0 Å². The fourth-order valence-electron chi connectivity index (χ4n) is 5.77. The molecule has 50 heavy (non-hydrogen) atoms. The Hall–Kier alpha value is -1.46. The SMILES string of the molecule is CCCCCCCC/C=C/CC/C=C/C(O)C(COC1OC(CO)C(O)C(OS(=O)(=O)O)C1O)NC(=O)C(O)CCCCCCCCCCC. The van der Waals surface area contributed by atoms with Gasteiger partial charge in [-0.1, -0.05) is 128 Å². The second-order valence-electron chi connectivity index (χ2n) is 13.3. The van der Waals surface area contributed by atoms with E-state index in [1.165, 1.54) is 70.3 Å². The molecule has 14 heteroatoms. The van der Waals surface area contributed by atoms with Crippen LogP contribution in [0, 0.1) is 0 Å². The van der Waals surface area contributed by atoms with E-state index in [4.69, 9.17) is 14.0 Å². The first-order chi connectivity index (χ1) is 23.9. The molecule has 7 N–H and O–H groups in total. The molecule has 1 amide bonds. The van der Waals surface area contributed by atoms with Gasteiger partial charge in [0.05, 0.1) is 25.4 Å². The molecular weight excluding hydrogens is 670 g/mol. The van der Waals surface area contributed by atoms with E-state index in [1.807, 2.05) is 0 Å². The van der Waals surface area contributed by atoms with Crippen molar-refractivity contribution < 1.29 is 57.0 Å². The first-order valence-electron chi connectivity index (χ1n) is 18.8. The van der Waals surface area contributed by atoms with Gasteiger partial charge < -0.3 is 40.3 Å². The number of nitrogens with one attached hydrogen (secondary N) is 1. The molecule has 13 nitrogen and oxygen atoms in total. The van der Waals surface area contributed by atoms with Crippen molar-refractivity contribution >= 4 is 16.3 Å². The highest BCUT2D eigenvalue weighted by atomic mass is 32.3. The van der Waals surface area contributed by atoms with Crippen molar-refractivity contribution in [2.24, 2.45) is 0 Å². The minimum absolute atomic E-state index is 0.238. The van der Waals surface area contributed by atoms with Crippen LogP contribution < -0.4 is 5.32 Å². The van der Waals surface area contributed by atoms with Crippen LogP contribution in [0.25, 0.3) is 0 Å². The normalized spacial score (nSPS) is 23.4. The zero-order valence-corrected chi connectivity index (χ0v) is 31.1. The summed E-state index contributed by atoms with van der Waals surface area (Å²) in [6.07, 6.45) is 15.8. The van der Waals surface area contributed by atoms with Crippen molar-refractivity contribution in [3.8, 4) is 0 Å². The third-order valence-electron chi connectivity index (χ3n) is 8.84. The molecule has 0 aliphatic carbocycles. The van der Waals surface area contributed by atoms with Crippen LogP contribution in [0.5, 0.6) is 0 Å². The zero-order chi connectivity index (χ0) is 37.2. The molecule has 0 radical (unpaired) electrons. The van der Waals surface area contributed by atoms with Crippen LogP contribution in [0.1, 0.15) is 136 Å². The first kappa shape index (κ1) is 46.6. The number of allylic oxidation sites excluding steroid dienone is 3. The maximum Gasteiger partial charge on any atom is 0.397 e. The molecule has 8 atom stereocenters. The van der Waals surface area contributed by atoms with Crippen LogP contribution in [0.3, 0.4) is 0 Å². The summed E-state index contributed by atoms with van der Waals surface area (Å²) in [4.78, 5) is 12.9. The lowest BCUT2D eigenvalue weighted by Gasteiger charge is -2.41. The quantitative estimate of drug-likeness (QED) is 0.0311. The smallest absolute Gasteiger partial charge is 0.394 e. The summed E-state index contributed by atoms with van der Waals surface area (Å²) in [6.45, 7) is 3.10. The van der Waals surface area contributed by atoms with Gasteiger partial charge in [0.15, 0.2) is 6.29 Å². The van der Waals surface area contributed by atoms with Crippen LogP contribution in [0.4, 0.5) is 0 Å². The maximum absolute atomic E-state index is 12.9. The molecule has 1 rings (SSSR count). The van der Waals surface area contributed by atoms with Crippen LogP contribution in [-0.4, -0.2) is 107 Å². The topological polar surface area (TPSA) is 212 Å². The predicted octanol–water partition coefficient (Wildman–Crippen LogP) is 4.40. The van der Waals surface area contributed by atoms with Crippen molar-refractivity contribution in [1.82, 2.24) is 5.32 Å². The minimum atomic E-state index is -5.11. The number of rotatable bonds is 30. The molecule has 0 spiro atoms. The van der Waals surface area contributed by atoms with Crippen LogP contribution >= 0.6 is 0 Å². The van der Waals surface area contributed by atoms with Crippen LogP contribution in [-0.2, 0) is 28.9 Å². The molecule has 8 unspecified atom stereocenters. The number of aliphatic hydroxyl groups is 5. The molecule has 294 valence electrons. The molecule has 0 bridgehead atoms. The van der Waals surface area contributed by atoms with E-state index in [1.54, 1.807) is 6.08 Å². The third-order valence-corrected chi connectivity index (χ3v) is 9.31. The highest BCUT2D eigenvalue weighted by Gasteiger charge is 2.48. The number of amides is 1. The minimum Gasteiger partial charge on any atom is -0.394 e. The van der Waals surface area contributed by atoms with E-state index in [0.29, 0.717) is 12.8 Å². The maximum atomic E-state index is 12.9. The largest absolute Gasteiger partial charge is 0.397 e. The Morgan fingerprint density at radius 3 is 1.92 bits per heavy atom. The third kappa shape index (κ3) is 21.2. The number of hydrogen-bond acceptors (Lipinski definition) is 11. The van der Waals surface area contributed by atoms with Crippen LogP contribution in [0.15, 0.2) is 24.3 Å². The van der Waals surface area contributed by atoms with Crippen molar-refractivity contribution in [2.75, 3.05) is 13.2 Å². The average molecular weight is 738 g/mol. The molecule has 0 aromatic carbocycles. The lowest BCUT2D eigenvalue weighted by atomic mass is 9.99. The number of carbonyl (C=O) groups is 1. The van der Waals surface area contributed by atoms with Gasteiger partial charge >= 0.3 is 10.4 Å². The summed E-state index contributed by atoms with van der Waals surface area (Å²) in [5, 5.41) is 54.7. The van der Waals surface area contributed by atoms with Gasteiger partial charge in [-0.15, -0.1) is 0 Å². The zero-order valence-electron chi connectivity index (χ0n) is 30.3. The number of ether oxygens (including phenoxy) is 2. The summed E-state index contributed by atoms with van der Waals surface area (Å²) in [6, 6.07) is -1.13. The Morgan fingerprint density at radius 1 is 0.800 bits per heavy atom. The Bertz CT molecular complexity index is 1030. The molecule has 0 aromatic rings. The molecule has 1 aliphatic heterocycles. The Labute approximate surface area is 300 Å². The van der Waals surface area contributed by atoms with Crippen molar-refractivity contribution in [3.05, 3.63) is 24.3 Å². The monoisotopic (exact) mass is 737 g/mol. The lowest BCUT2D eigenvalue weighted by molar-refractivity contribution is -0.298. The van der Waals surface area contributed by atoms with Gasteiger partial charge in [0.2, 0.25) is 5.91 Å². The average Bonchev–Trinajstić information content (AvgIpc) is 3.08. The van der Waals surface area contributed by atoms with Crippen LogP contribution in [0.2, 0.25) is 0 Å². The second kappa shape index (κ2) is 28.1. The predicted molar refractivity (Wildman–Crippen MR) is 191 cm³/mol. The van der Waals surface area contributed by atoms with E-state index in [-0.39, 0.29) is 6.42 Å². The van der Waals surface area contributed by atoms with Crippen molar-refractivity contribution in [2.45, 2.75) is 185 Å². The number of carbonyl (C=O) groups excluding carboxylic acids is 1. The van der Waals surface area contributed by atoms with Gasteiger partial charge in [-0.2, -0.15) is 8.42 Å². The first-order valence-corrected chi connectivity index (χ1v) is 20.2.